The topological polar surface area (TPSA) is 3.88 Å². The van der Waals surface area contributed by atoms with E-state index in [0.29, 0.717) is 5.82 Å². The molecule has 1 aromatic rings. The van der Waals surface area contributed by atoms with Crippen molar-refractivity contribution >= 4 is 7.28 Å². The molecule has 1 fully saturated rings. The van der Waals surface area contributed by atoms with E-state index in [1.807, 2.05) is 0 Å². The average molecular weight is 145 g/mol. The van der Waals surface area contributed by atoms with Crippen LogP contribution in [0.5, 0.6) is 0 Å². The summed E-state index contributed by atoms with van der Waals surface area (Å²) < 4.78 is 2.20. The van der Waals surface area contributed by atoms with E-state index >= 15 is 0 Å². The zero-order valence-corrected chi connectivity index (χ0v) is 6.99. The van der Waals surface area contributed by atoms with Gasteiger partial charge in [0.15, 0.2) is 11.9 Å². The lowest BCUT2D eigenvalue weighted by Gasteiger charge is -1.96. The predicted octanol–water partition coefficient (Wildman–Crippen LogP) is 1.08. The standard InChI is InChI=1S/C9H12BN/c1-7-9(10-7)8-5-3-4-6-11(8)2/h3-7,9H,1-2H3/q+1. The molecule has 2 rings (SSSR count). The number of aromatic nitrogens is 1. The highest BCUT2D eigenvalue weighted by Gasteiger charge is 2.40. The van der Waals surface area contributed by atoms with Crippen LogP contribution in [0.3, 0.4) is 0 Å². The molecule has 1 saturated heterocycles. The molecule has 0 aromatic carbocycles. The van der Waals surface area contributed by atoms with E-state index in [4.69, 9.17) is 0 Å². The quantitative estimate of drug-likeness (QED) is 0.411. The largest absolute Gasteiger partial charge is 0.206 e. The Labute approximate surface area is 68.3 Å². The third kappa shape index (κ3) is 1.17. The molecule has 1 nitrogen and oxygen atoms in total. The van der Waals surface area contributed by atoms with Gasteiger partial charge in [0.2, 0.25) is 0 Å². The van der Waals surface area contributed by atoms with Gasteiger partial charge >= 0.3 is 0 Å². The summed E-state index contributed by atoms with van der Waals surface area (Å²) in [7, 11) is 4.48. The van der Waals surface area contributed by atoms with E-state index in [-0.39, 0.29) is 0 Å². The van der Waals surface area contributed by atoms with E-state index in [1.54, 1.807) is 0 Å². The lowest BCUT2D eigenvalue weighted by molar-refractivity contribution is -0.679. The molecule has 0 amide bonds. The summed E-state index contributed by atoms with van der Waals surface area (Å²) in [5.41, 5.74) is 1.43. The first-order valence-electron chi connectivity index (χ1n) is 4.08. The fourth-order valence-corrected chi connectivity index (χ4v) is 1.51. The highest BCUT2D eigenvalue weighted by atomic mass is 14.9. The molecule has 1 aliphatic rings. The number of aryl methyl sites for hydroxylation is 1. The minimum Gasteiger partial charge on any atom is -0.206 e. The summed E-state index contributed by atoms with van der Waals surface area (Å²) in [6.45, 7) is 2.26. The Morgan fingerprint density at radius 3 is 2.73 bits per heavy atom. The van der Waals surface area contributed by atoms with Gasteiger partial charge in [0.25, 0.3) is 0 Å². The zero-order valence-electron chi connectivity index (χ0n) is 6.99. The zero-order chi connectivity index (χ0) is 7.84. The Kier molecular flexibility index (Phi) is 1.48. The van der Waals surface area contributed by atoms with Crippen LogP contribution in [-0.2, 0) is 7.05 Å². The van der Waals surface area contributed by atoms with E-state index in [2.05, 4.69) is 50.2 Å². The first-order valence-corrected chi connectivity index (χ1v) is 4.08. The molecule has 2 heterocycles. The van der Waals surface area contributed by atoms with Crippen LogP contribution in [0.25, 0.3) is 0 Å². The fourth-order valence-electron chi connectivity index (χ4n) is 1.51. The van der Waals surface area contributed by atoms with Crippen molar-refractivity contribution in [2.45, 2.75) is 18.6 Å². The van der Waals surface area contributed by atoms with Gasteiger partial charge in [0.1, 0.15) is 14.3 Å². The summed E-state index contributed by atoms with van der Waals surface area (Å²) in [5, 5.41) is 0. The van der Waals surface area contributed by atoms with Gasteiger partial charge in [-0.1, -0.05) is 18.8 Å². The number of rotatable bonds is 1. The van der Waals surface area contributed by atoms with Crippen molar-refractivity contribution in [1.82, 2.24) is 0 Å². The Balaban J connectivity index is 2.31. The van der Waals surface area contributed by atoms with Crippen LogP contribution in [-0.4, -0.2) is 7.28 Å². The van der Waals surface area contributed by atoms with Crippen molar-refractivity contribution in [2.24, 2.45) is 7.05 Å². The molecule has 0 saturated carbocycles. The molecule has 11 heavy (non-hydrogen) atoms. The molecule has 0 bridgehead atoms. The molecule has 2 heteroatoms. The van der Waals surface area contributed by atoms with E-state index in [0.717, 1.165) is 5.82 Å². The van der Waals surface area contributed by atoms with Gasteiger partial charge in [-0.25, -0.2) is 4.57 Å². The van der Waals surface area contributed by atoms with Crippen molar-refractivity contribution in [3.63, 3.8) is 0 Å². The Morgan fingerprint density at radius 2 is 2.18 bits per heavy atom. The first-order chi connectivity index (χ1) is 5.29. The summed E-state index contributed by atoms with van der Waals surface area (Å²) in [4.78, 5) is 0. The molecular formula is C9H12BN+. The minimum atomic E-state index is 0.709. The number of hydrogen-bond donors (Lipinski definition) is 0. The summed E-state index contributed by atoms with van der Waals surface area (Å²) >= 11 is 0. The molecule has 1 aromatic heterocycles. The maximum Gasteiger partial charge on any atom is 0.175 e. The van der Waals surface area contributed by atoms with Gasteiger partial charge in [-0.3, -0.25) is 0 Å². The summed E-state index contributed by atoms with van der Waals surface area (Å²) in [6, 6.07) is 6.37. The van der Waals surface area contributed by atoms with Crippen LogP contribution in [0.15, 0.2) is 24.4 Å². The van der Waals surface area contributed by atoms with Gasteiger partial charge in [-0.15, -0.1) is 0 Å². The number of nitrogens with zero attached hydrogens (tertiary/aromatic N) is 1. The second-order valence-corrected chi connectivity index (χ2v) is 3.31. The smallest absolute Gasteiger partial charge is 0.175 e. The monoisotopic (exact) mass is 145 g/mol. The van der Waals surface area contributed by atoms with Gasteiger partial charge in [0, 0.05) is 17.9 Å². The van der Waals surface area contributed by atoms with Crippen LogP contribution in [0.2, 0.25) is 5.82 Å². The highest BCUT2D eigenvalue weighted by molar-refractivity contribution is 6.53. The van der Waals surface area contributed by atoms with Crippen LogP contribution < -0.4 is 4.57 Å². The number of hydrogen-bond acceptors (Lipinski definition) is 0. The second kappa shape index (κ2) is 2.37. The Morgan fingerprint density at radius 1 is 1.45 bits per heavy atom. The van der Waals surface area contributed by atoms with Crippen LogP contribution >= 0.6 is 0 Å². The summed E-state index contributed by atoms with van der Waals surface area (Å²) in [5.74, 6) is 1.49. The first kappa shape index (κ1) is 6.90. The lowest BCUT2D eigenvalue weighted by Crippen LogP contribution is -2.32. The second-order valence-electron chi connectivity index (χ2n) is 3.31. The lowest BCUT2D eigenvalue weighted by atomic mass is 9.98. The van der Waals surface area contributed by atoms with Crippen molar-refractivity contribution in [3.8, 4) is 0 Å². The normalized spacial score (nSPS) is 27.8. The van der Waals surface area contributed by atoms with Crippen LogP contribution in [0.4, 0.5) is 0 Å². The molecule has 1 aliphatic heterocycles. The van der Waals surface area contributed by atoms with Gasteiger partial charge in [-0.05, 0) is 0 Å². The van der Waals surface area contributed by atoms with Crippen molar-refractivity contribution in [1.29, 1.82) is 0 Å². The van der Waals surface area contributed by atoms with E-state index < -0.39 is 0 Å². The average Bonchev–Trinajstić information content (AvgIpc) is 2.68. The SMILES string of the molecule is CC1[B]C1c1cccc[n+]1C. The fraction of sp³-hybridized carbons (Fsp3) is 0.444. The third-order valence-electron chi connectivity index (χ3n) is 2.37. The van der Waals surface area contributed by atoms with Gasteiger partial charge in [0.05, 0.1) is 0 Å². The maximum absolute atomic E-state index is 2.37. The Hall–Kier alpha value is -0.785. The molecule has 0 aliphatic carbocycles. The number of pyridine rings is 1. The van der Waals surface area contributed by atoms with Crippen LogP contribution in [0.1, 0.15) is 18.4 Å². The van der Waals surface area contributed by atoms with Crippen molar-refractivity contribution < 1.29 is 4.57 Å². The molecule has 0 N–H and O–H groups in total. The highest BCUT2D eigenvalue weighted by Crippen LogP contribution is 2.41. The predicted molar refractivity (Wildman–Crippen MR) is 45.5 cm³/mol. The molecular weight excluding hydrogens is 133 g/mol. The molecule has 2 unspecified atom stereocenters. The molecule has 2 atom stereocenters. The van der Waals surface area contributed by atoms with E-state index in [1.165, 1.54) is 5.69 Å². The maximum atomic E-state index is 2.37. The van der Waals surface area contributed by atoms with Crippen molar-refractivity contribution in [3.05, 3.63) is 30.1 Å². The van der Waals surface area contributed by atoms with Crippen LogP contribution in [0, 0.1) is 0 Å². The van der Waals surface area contributed by atoms with Gasteiger partial charge in [-0.2, -0.15) is 0 Å². The molecule has 55 valence electrons. The third-order valence-corrected chi connectivity index (χ3v) is 2.37. The molecule has 1 radical (unpaired) electrons. The minimum absolute atomic E-state index is 0.709. The summed E-state index contributed by atoms with van der Waals surface area (Å²) in [6.07, 6.45) is 2.11. The molecule has 0 spiro atoms. The van der Waals surface area contributed by atoms with Crippen molar-refractivity contribution in [2.75, 3.05) is 0 Å². The van der Waals surface area contributed by atoms with Gasteiger partial charge < -0.3 is 0 Å². The Bertz CT molecular complexity index is 272. The van der Waals surface area contributed by atoms with E-state index in [9.17, 15) is 0 Å².